The van der Waals surface area contributed by atoms with Gasteiger partial charge in [0.05, 0.1) is 16.6 Å². The SMILES string of the molecule is Cc1cc(CNCc2ccco2)sc1Br. The van der Waals surface area contributed by atoms with Gasteiger partial charge in [0.1, 0.15) is 5.76 Å². The molecule has 2 heterocycles. The van der Waals surface area contributed by atoms with Gasteiger partial charge < -0.3 is 9.73 Å². The summed E-state index contributed by atoms with van der Waals surface area (Å²) in [5.41, 5.74) is 1.30. The third-order valence-corrected chi connectivity index (χ3v) is 4.22. The highest BCUT2D eigenvalue weighted by Gasteiger charge is 2.02. The Labute approximate surface area is 101 Å². The predicted octanol–water partition coefficient (Wildman–Crippen LogP) is 3.70. The van der Waals surface area contributed by atoms with Gasteiger partial charge in [0, 0.05) is 11.4 Å². The Balaban J connectivity index is 1.83. The van der Waals surface area contributed by atoms with E-state index in [4.69, 9.17) is 4.42 Å². The van der Waals surface area contributed by atoms with Crippen LogP contribution in [0.15, 0.2) is 32.7 Å². The average molecular weight is 286 g/mol. The molecule has 0 aliphatic carbocycles. The smallest absolute Gasteiger partial charge is 0.117 e. The van der Waals surface area contributed by atoms with E-state index in [0.29, 0.717) is 0 Å². The molecule has 2 nitrogen and oxygen atoms in total. The monoisotopic (exact) mass is 285 g/mol. The zero-order valence-electron chi connectivity index (χ0n) is 8.42. The molecule has 0 atom stereocenters. The van der Waals surface area contributed by atoms with Crippen LogP contribution in [0.3, 0.4) is 0 Å². The van der Waals surface area contributed by atoms with Gasteiger partial charge in [0.2, 0.25) is 0 Å². The van der Waals surface area contributed by atoms with E-state index in [1.54, 1.807) is 17.6 Å². The molecular formula is C11H12BrNOS. The van der Waals surface area contributed by atoms with Crippen LogP contribution in [0.2, 0.25) is 0 Å². The maximum absolute atomic E-state index is 5.23. The first kappa shape index (κ1) is 10.9. The Bertz CT molecular complexity index is 402. The van der Waals surface area contributed by atoms with Crippen LogP contribution in [0.4, 0.5) is 0 Å². The van der Waals surface area contributed by atoms with Crippen LogP contribution in [0.25, 0.3) is 0 Å². The molecule has 2 aromatic rings. The number of hydrogen-bond donors (Lipinski definition) is 1. The van der Waals surface area contributed by atoms with Crippen molar-refractivity contribution < 1.29 is 4.42 Å². The van der Waals surface area contributed by atoms with Crippen molar-refractivity contribution in [2.45, 2.75) is 20.0 Å². The number of hydrogen-bond acceptors (Lipinski definition) is 3. The third kappa shape index (κ3) is 2.93. The lowest BCUT2D eigenvalue weighted by Crippen LogP contribution is -2.10. The first-order valence-electron chi connectivity index (χ1n) is 4.73. The van der Waals surface area contributed by atoms with Crippen molar-refractivity contribution in [3.8, 4) is 0 Å². The minimum Gasteiger partial charge on any atom is -0.468 e. The van der Waals surface area contributed by atoms with Gasteiger partial charge >= 0.3 is 0 Å². The molecule has 0 unspecified atom stereocenters. The Morgan fingerprint density at radius 2 is 2.33 bits per heavy atom. The van der Waals surface area contributed by atoms with Gasteiger partial charge in [-0.15, -0.1) is 11.3 Å². The van der Waals surface area contributed by atoms with E-state index in [2.05, 4.69) is 34.2 Å². The summed E-state index contributed by atoms with van der Waals surface area (Å²) >= 11 is 5.29. The normalized spacial score (nSPS) is 10.8. The summed E-state index contributed by atoms with van der Waals surface area (Å²) in [4.78, 5) is 1.34. The summed E-state index contributed by atoms with van der Waals surface area (Å²) in [6.45, 7) is 3.77. The van der Waals surface area contributed by atoms with Crippen molar-refractivity contribution in [1.82, 2.24) is 5.32 Å². The molecule has 0 aliphatic rings. The molecule has 0 saturated carbocycles. The molecular weight excluding hydrogens is 274 g/mol. The van der Waals surface area contributed by atoms with E-state index in [-0.39, 0.29) is 0 Å². The van der Waals surface area contributed by atoms with Gasteiger partial charge in [-0.05, 0) is 46.6 Å². The minimum atomic E-state index is 0.779. The predicted molar refractivity (Wildman–Crippen MR) is 66.0 cm³/mol. The van der Waals surface area contributed by atoms with Crippen molar-refractivity contribution in [2.24, 2.45) is 0 Å². The lowest BCUT2D eigenvalue weighted by Gasteiger charge is -1.99. The summed E-state index contributed by atoms with van der Waals surface area (Å²) in [5.74, 6) is 0.974. The lowest BCUT2D eigenvalue weighted by molar-refractivity contribution is 0.483. The topological polar surface area (TPSA) is 25.2 Å². The Hall–Kier alpha value is -0.580. The second-order valence-corrected chi connectivity index (χ2v) is 5.81. The quantitative estimate of drug-likeness (QED) is 0.927. The van der Waals surface area contributed by atoms with E-state index in [9.17, 15) is 0 Å². The Morgan fingerprint density at radius 3 is 2.93 bits per heavy atom. The molecule has 0 amide bonds. The molecule has 0 aliphatic heterocycles. The number of nitrogens with one attached hydrogen (secondary N) is 1. The largest absolute Gasteiger partial charge is 0.468 e. The zero-order chi connectivity index (χ0) is 10.7. The highest BCUT2D eigenvalue weighted by molar-refractivity contribution is 9.11. The fourth-order valence-corrected chi connectivity index (χ4v) is 2.93. The molecule has 15 heavy (non-hydrogen) atoms. The van der Waals surface area contributed by atoms with Gasteiger partial charge in [-0.25, -0.2) is 0 Å². The average Bonchev–Trinajstić information content (AvgIpc) is 2.79. The summed E-state index contributed by atoms with van der Waals surface area (Å²) < 4.78 is 6.45. The van der Waals surface area contributed by atoms with E-state index in [1.165, 1.54) is 14.2 Å². The van der Waals surface area contributed by atoms with Crippen molar-refractivity contribution in [3.05, 3.63) is 44.4 Å². The van der Waals surface area contributed by atoms with Crippen molar-refractivity contribution >= 4 is 27.3 Å². The number of rotatable bonds is 4. The van der Waals surface area contributed by atoms with Crippen LogP contribution in [0, 0.1) is 6.92 Å². The summed E-state index contributed by atoms with van der Waals surface area (Å²) in [6.07, 6.45) is 1.70. The van der Waals surface area contributed by atoms with Crippen molar-refractivity contribution in [1.29, 1.82) is 0 Å². The van der Waals surface area contributed by atoms with Crippen LogP contribution < -0.4 is 5.32 Å². The van der Waals surface area contributed by atoms with Gasteiger partial charge in [-0.2, -0.15) is 0 Å². The van der Waals surface area contributed by atoms with E-state index in [0.717, 1.165) is 18.8 Å². The van der Waals surface area contributed by atoms with Gasteiger partial charge in [-0.1, -0.05) is 0 Å². The van der Waals surface area contributed by atoms with Crippen LogP contribution in [-0.4, -0.2) is 0 Å². The van der Waals surface area contributed by atoms with E-state index in [1.807, 2.05) is 12.1 Å². The highest BCUT2D eigenvalue weighted by Crippen LogP contribution is 2.27. The van der Waals surface area contributed by atoms with Gasteiger partial charge in [0.25, 0.3) is 0 Å². The Morgan fingerprint density at radius 1 is 1.47 bits per heavy atom. The third-order valence-electron chi connectivity index (χ3n) is 2.09. The molecule has 4 heteroatoms. The molecule has 0 saturated heterocycles. The first-order chi connectivity index (χ1) is 7.25. The maximum Gasteiger partial charge on any atom is 0.117 e. The lowest BCUT2D eigenvalue weighted by atomic mass is 10.3. The summed E-state index contributed by atoms with van der Waals surface area (Å²) in [6, 6.07) is 6.08. The van der Waals surface area contributed by atoms with Gasteiger partial charge in [0.15, 0.2) is 0 Å². The standard InChI is InChI=1S/C11H12BrNOS/c1-8-5-10(15-11(8)12)7-13-6-9-3-2-4-14-9/h2-5,13H,6-7H2,1H3. The molecule has 80 valence electrons. The molecule has 0 fully saturated rings. The summed E-state index contributed by atoms with van der Waals surface area (Å²) in [7, 11) is 0. The molecule has 0 radical (unpaired) electrons. The molecule has 2 aromatic heterocycles. The van der Waals surface area contributed by atoms with Crippen molar-refractivity contribution in [2.75, 3.05) is 0 Å². The van der Waals surface area contributed by atoms with E-state index < -0.39 is 0 Å². The number of halogens is 1. The second-order valence-electron chi connectivity index (χ2n) is 3.35. The number of aryl methyl sites for hydroxylation is 1. The number of furan rings is 1. The van der Waals surface area contributed by atoms with Crippen LogP contribution in [0.5, 0.6) is 0 Å². The maximum atomic E-state index is 5.23. The summed E-state index contributed by atoms with van der Waals surface area (Å²) in [5, 5.41) is 3.34. The van der Waals surface area contributed by atoms with E-state index >= 15 is 0 Å². The molecule has 0 aromatic carbocycles. The molecule has 0 bridgehead atoms. The zero-order valence-corrected chi connectivity index (χ0v) is 10.8. The van der Waals surface area contributed by atoms with Crippen LogP contribution in [-0.2, 0) is 13.1 Å². The minimum absolute atomic E-state index is 0.779. The van der Waals surface area contributed by atoms with Crippen LogP contribution >= 0.6 is 27.3 Å². The molecule has 1 N–H and O–H groups in total. The Kier molecular flexibility index (Phi) is 3.61. The molecule has 0 spiro atoms. The van der Waals surface area contributed by atoms with Gasteiger partial charge in [-0.3, -0.25) is 0 Å². The van der Waals surface area contributed by atoms with Crippen molar-refractivity contribution in [3.63, 3.8) is 0 Å². The fraction of sp³-hybridized carbons (Fsp3) is 0.273. The van der Waals surface area contributed by atoms with Crippen LogP contribution in [0.1, 0.15) is 16.2 Å². The highest BCUT2D eigenvalue weighted by atomic mass is 79.9. The number of thiophene rings is 1. The second kappa shape index (κ2) is 4.96. The first-order valence-corrected chi connectivity index (χ1v) is 6.34. The molecule has 2 rings (SSSR count). The fourth-order valence-electron chi connectivity index (χ4n) is 1.33.